The van der Waals surface area contributed by atoms with E-state index < -0.39 is 0 Å². The van der Waals surface area contributed by atoms with Crippen LogP contribution in [0, 0.1) is 5.92 Å². The van der Waals surface area contributed by atoms with Crippen LogP contribution in [0.4, 0.5) is 10.5 Å². The van der Waals surface area contributed by atoms with E-state index in [1.165, 1.54) is 0 Å². The summed E-state index contributed by atoms with van der Waals surface area (Å²) in [6.07, 6.45) is 0. The summed E-state index contributed by atoms with van der Waals surface area (Å²) in [6, 6.07) is 15.0. The molecule has 0 spiro atoms. The zero-order chi connectivity index (χ0) is 22.0. The monoisotopic (exact) mass is 438 g/mol. The normalized spacial score (nSPS) is 18.0. The number of nitrogens with zero attached hydrogens (tertiary/aromatic N) is 4. The number of urea groups is 1. The largest absolute Gasteiger partial charge is 0.368 e. The molecule has 2 aliphatic heterocycles. The van der Waals surface area contributed by atoms with Crippen molar-refractivity contribution in [2.24, 2.45) is 10.9 Å². The highest BCUT2D eigenvalue weighted by atomic mass is 35.5. The summed E-state index contributed by atoms with van der Waals surface area (Å²) < 4.78 is 0. The third kappa shape index (κ3) is 4.74. The van der Waals surface area contributed by atoms with Gasteiger partial charge < -0.3 is 14.7 Å². The lowest BCUT2D eigenvalue weighted by Gasteiger charge is -2.35. The molecule has 2 heterocycles. The van der Waals surface area contributed by atoms with Gasteiger partial charge >= 0.3 is 6.03 Å². The van der Waals surface area contributed by atoms with E-state index in [9.17, 15) is 9.59 Å². The number of aliphatic imine (C=N–C) groups is 1. The van der Waals surface area contributed by atoms with Crippen LogP contribution in [0.2, 0.25) is 5.02 Å². The molecule has 2 aliphatic rings. The fourth-order valence-corrected chi connectivity index (χ4v) is 4.31. The molecule has 7 heteroatoms. The van der Waals surface area contributed by atoms with Crippen molar-refractivity contribution in [2.45, 2.75) is 13.8 Å². The number of amides is 3. The lowest BCUT2D eigenvalue weighted by molar-refractivity contribution is 0.0755. The quantitative estimate of drug-likeness (QED) is 0.722. The summed E-state index contributed by atoms with van der Waals surface area (Å²) in [6.45, 7) is 7.80. The van der Waals surface area contributed by atoms with E-state index >= 15 is 0 Å². The van der Waals surface area contributed by atoms with Crippen molar-refractivity contribution in [1.29, 1.82) is 0 Å². The fourth-order valence-electron chi connectivity index (χ4n) is 4.13. The van der Waals surface area contributed by atoms with E-state index in [0.717, 1.165) is 24.3 Å². The first-order chi connectivity index (χ1) is 14.9. The standard InChI is InChI=1S/C24H27ClN4O2/c1-17(2)15-29-16-22(20-8-3-4-9-21(20)23(29)30)26-24(31)28-12-10-27(11-13-28)19-7-5-6-18(25)14-19/h3-9,14,17H,10-13,15-16H2,1-2H3. The van der Waals surface area contributed by atoms with E-state index in [2.05, 4.69) is 23.7 Å². The molecular formula is C24H27ClN4O2. The van der Waals surface area contributed by atoms with Crippen LogP contribution in [0.3, 0.4) is 0 Å². The Hall–Kier alpha value is -2.86. The predicted molar refractivity (Wildman–Crippen MR) is 124 cm³/mol. The summed E-state index contributed by atoms with van der Waals surface area (Å²) in [5.41, 5.74) is 3.11. The molecule has 1 fully saturated rings. The molecule has 31 heavy (non-hydrogen) atoms. The SMILES string of the molecule is CC(C)CN1CC(=NC(=O)N2CCN(c3cccc(Cl)c3)CC2)c2ccccc2C1=O. The number of halogens is 1. The Labute approximate surface area is 188 Å². The highest BCUT2D eigenvalue weighted by molar-refractivity contribution is 6.30. The van der Waals surface area contributed by atoms with Crippen molar-refractivity contribution in [3.8, 4) is 0 Å². The molecule has 6 nitrogen and oxygen atoms in total. The summed E-state index contributed by atoms with van der Waals surface area (Å²) >= 11 is 6.11. The minimum atomic E-state index is -0.241. The minimum absolute atomic E-state index is 0.00540. The van der Waals surface area contributed by atoms with Gasteiger partial charge in [0.2, 0.25) is 0 Å². The number of fused-ring (bicyclic) bond motifs is 1. The molecule has 3 amide bonds. The molecule has 0 saturated carbocycles. The average Bonchev–Trinajstić information content (AvgIpc) is 2.77. The van der Waals surface area contributed by atoms with Gasteiger partial charge in [0.05, 0.1) is 12.3 Å². The zero-order valence-electron chi connectivity index (χ0n) is 17.9. The molecule has 0 aliphatic carbocycles. The number of rotatable bonds is 3. The Morgan fingerprint density at radius 2 is 1.74 bits per heavy atom. The van der Waals surface area contributed by atoms with Crippen molar-refractivity contribution in [2.75, 3.05) is 44.2 Å². The first-order valence-electron chi connectivity index (χ1n) is 10.7. The molecule has 0 aromatic heterocycles. The first kappa shape index (κ1) is 21.4. The number of anilines is 1. The Morgan fingerprint density at radius 3 is 2.42 bits per heavy atom. The number of piperazine rings is 1. The van der Waals surface area contributed by atoms with Gasteiger partial charge in [-0.05, 0) is 30.2 Å². The molecular weight excluding hydrogens is 412 g/mol. The van der Waals surface area contributed by atoms with Gasteiger partial charge in [0.25, 0.3) is 5.91 Å². The second-order valence-corrected chi connectivity index (χ2v) is 8.86. The maximum absolute atomic E-state index is 13.0. The summed E-state index contributed by atoms with van der Waals surface area (Å²) in [4.78, 5) is 36.1. The Kier molecular flexibility index (Phi) is 6.28. The van der Waals surface area contributed by atoms with Crippen LogP contribution in [0.25, 0.3) is 0 Å². The Morgan fingerprint density at radius 1 is 1.03 bits per heavy atom. The molecule has 0 N–H and O–H groups in total. The molecule has 2 aromatic rings. The van der Waals surface area contributed by atoms with Crippen LogP contribution in [0.15, 0.2) is 53.5 Å². The lowest BCUT2D eigenvalue weighted by Crippen LogP contribution is -2.49. The number of hydrogen-bond acceptors (Lipinski definition) is 3. The van der Waals surface area contributed by atoms with Crippen molar-refractivity contribution >= 4 is 34.9 Å². The number of benzene rings is 2. The van der Waals surface area contributed by atoms with Crippen molar-refractivity contribution < 1.29 is 9.59 Å². The molecule has 0 atom stereocenters. The highest BCUT2D eigenvalue weighted by Gasteiger charge is 2.30. The maximum atomic E-state index is 13.0. The van der Waals surface area contributed by atoms with Crippen LogP contribution in [0.5, 0.6) is 0 Å². The number of carbonyl (C=O) groups excluding carboxylic acids is 2. The zero-order valence-corrected chi connectivity index (χ0v) is 18.7. The van der Waals surface area contributed by atoms with Gasteiger partial charge in [0, 0.05) is 54.6 Å². The van der Waals surface area contributed by atoms with E-state index in [-0.39, 0.29) is 11.9 Å². The van der Waals surface area contributed by atoms with Crippen molar-refractivity contribution in [1.82, 2.24) is 9.80 Å². The first-order valence-corrected chi connectivity index (χ1v) is 11.1. The van der Waals surface area contributed by atoms with Gasteiger partial charge in [-0.3, -0.25) is 4.79 Å². The van der Waals surface area contributed by atoms with Crippen LogP contribution in [0.1, 0.15) is 29.8 Å². The van der Waals surface area contributed by atoms with E-state index in [1.54, 1.807) is 9.80 Å². The highest BCUT2D eigenvalue weighted by Crippen LogP contribution is 2.23. The summed E-state index contributed by atoms with van der Waals surface area (Å²) in [7, 11) is 0. The average molecular weight is 439 g/mol. The van der Waals surface area contributed by atoms with Gasteiger partial charge in [0.1, 0.15) is 0 Å². The summed E-state index contributed by atoms with van der Waals surface area (Å²) in [5, 5.41) is 0.707. The predicted octanol–water partition coefficient (Wildman–Crippen LogP) is 4.18. The molecule has 0 radical (unpaired) electrons. The van der Waals surface area contributed by atoms with Gasteiger partial charge in [0.15, 0.2) is 0 Å². The Bertz CT molecular complexity index is 1010. The summed E-state index contributed by atoms with van der Waals surface area (Å²) in [5.74, 6) is 0.344. The van der Waals surface area contributed by atoms with E-state index in [1.807, 2.05) is 48.5 Å². The molecule has 4 rings (SSSR count). The van der Waals surface area contributed by atoms with Gasteiger partial charge in [-0.2, -0.15) is 4.99 Å². The maximum Gasteiger partial charge on any atom is 0.343 e. The fraction of sp³-hybridized carbons (Fsp3) is 0.375. The van der Waals surface area contributed by atoms with Crippen LogP contribution < -0.4 is 4.90 Å². The second kappa shape index (κ2) is 9.10. The molecule has 0 unspecified atom stereocenters. The van der Waals surface area contributed by atoms with Crippen LogP contribution >= 0.6 is 11.6 Å². The topological polar surface area (TPSA) is 56.2 Å². The Balaban J connectivity index is 1.49. The van der Waals surface area contributed by atoms with E-state index in [0.29, 0.717) is 48.4 Å². The van der Waals surface area contributed by atoms with Crippen molar-refractivity contribution in [3.63, 3.8) is 0 Å². The number of hydrogen-bond donors (Lipinski definition) is 0. The van der Waals surface area contributed by atoms with E-state index in [4.69, 9.17) is 11.6 Å². The minimum Gasteiger partial charge on any atom is -0.368 e. The molecule has 1 saturated heterocycles. The second-order valence-electron chi connectivity index (χ2n) is 8.42. The molecule has 162 valence electrons. The van der Waals surface area contributed by atoms with Gasteiger partial charge in [-0.1, -0.05) is 49.7 Å². The van der Waals surface area contributed by atoms with Crippen molar-refractivity contribution in [3.05, 3.63) is 64.7 Å². The van der Waals surface area contributed by atoms with Crippen LogP contribution in [-0.2, 0) is 0 Å². The van der Waals surface area contributed by atoms with Gasteiger partial charge in [-0.15, -0.1) is 0 Å². The molecule has 2 aromatic carbocycles. The number of carbonyl (C=O) groups is 2. The third-order valence-electron chi connectivity index (χ3n) is 5.64. The lowest BCUT2D eigenvalue weighted by atomic mass is 9.96. The van der Waals surface area contributed by atoms with Crippen LogP contribution in [-0.4, -0.2) is 66.7 Å². The van der Waals surface area contributed by atoms with Gasteiger partial charge in [-0.25, -0.2) is 4.79 Å². The molecule has 0 bridgehead atoms. The smallest absolute Gasteiger partial charge is 0.343 e. The third-order valence-corrected chi connectivity index (χ3v) is 5.87.